The fourth-order valence-corrected chi connectivity index (χ4v) is 3.76. The Morgan fingerprint density at radius 2 is 1.78 bits per heavy atom. The van der Waals surface area contributed by atoms with Gasteiger partial charge in [0.25, 0.3) is 0 Å². The van der Waals surface area contributed by atoms with Crippen molar-refractivity contribution in [1.29, 1.82) is 0 Å². The molecule has 2 fully saturated rings. The highest BCUT2D eigenvalue weighted by Crippen LogP contribution is 2.30. The predicted octanol–water partition coefficient (Wildman–Crippen LogP) is 1.70. The Hall–Kier alpha value is -1.43. The highest BCUT2D eigenvalue weighted by molar-refractivity contribution is 5.99. The maximum atomic E-state index is 13.3. The zero-order valence-corrected chi connectivity index (χ0v) is 14.2. The molecule has 0 bridgehead atoms. The summed E-state index contributed by atoms with van der Waals surface area (Å²) >= 11 is 0. The SMILES string of the molecule is Cc1cccc(C)c1NC(=O)C1(N2CCOCC2)CCNCC1. The zero-order valence-electron chi connectivity index (χ0n) is 14.2. The Morgan fingerprint density at radius 3 is 2.39 bits per heavy atom. The first-order valence-electron chi connectivity index (χ1n) is 8.55. The molecule has 0 unspecified atom stereocenters. The van der Waals surface area contributed by atoms with Crippen molar-refractivity contribution in [2.24, 2.45) is 0 Å². The molecule has 0 spiro atoms. The zero-order chi connectivity index (χ0) is 16.3. The summed E-state index contributed by atoms with van der Waals surface area (Å²) in [6.07, 6.45) is 1.70. The number of hydrogen-bond donors (Lipinski definition) is 2. The molecule has 1 aromatic carbocycles. The van der Waals surface area contributed by atoms with Crippen LogP contribution in [0.15, 0.2) is 18.2 Å². The van der Waals surface area contributed by atoms with Crippen LogP contribution in [0, 0.1) is 13.8 Å². The Labute approximate surface area is 138 Å². The lowest BCUT2D eigenvalue weighted by Gasteiger charge is -2.46. The van der Waals surface area contributed by atoms with Crippen LogP contribution in [0.3, 0.4) is 0 Å². The van der Waals surface area contributed by atoms with Gasteiger partial charge in [0, 0.05) is 18.8 Å². The summed E-state index contributed by atoms with van der Waals surface area (Å²) in [7, 11) is 0. The molecule has 0 radical (unpaired) electrons. The van der Waals surface area contributed by atoms with Gasteiger partial charge in [0.05, 0.1) is 13.2 Å². The largest absolute Gasteiger partial charge is 0.379 e. The van der Waals surface area contributed by atoms with Crippen molar-refractivity contribution in [3.05, 3.63) is 29.3 Å². The maximum absolute atomic E-state index is 13.3. The third-order valence-corrected chi connectivity index (χ3v) is 5.19. The van der Waals surface area contributed by atoms with Crippen LogP contribution in [0.25, 0.3) is 0 Å². The molecular weight excluding hydrogens is 290 g/mol. The lowest BCUT2D eigenvalue weighted by Crippen LogP contribution is -2.63. The molecule has 0 saturated carbocycles. The number of ether oxygens (including phenoxy) is 1. The van der Waals surface area contributed by atoms with E-state index in [1.807, 2.05) is 32.0 Å². The first kappa shape index (κ1) is 16.4. The van der Waals surface area contributed by atoms with Gasteiger partial charge < -0.3 is 15.4 Å². The molecule has 2 aliphatic heterocycles. The van der Waals surface area contributed by atoms with E-state index in [0.717, 1.165) is 55.8 Å². The van der Waals surface area contributed by atoms with Crippen molar-refractivity contribution in [2.45, 2.75) is 32.2 Å². The third kappa shape index (κ3) is 3.27. The van der Waals surface area contributed by atoms with E-state index in [2.05, 4.69) is 15.5 Å². The van der Waals surface area contributed by atoms with Gasteiger partial charge in [-0.05, 0) is 50.9 Å². The molecule has 23 heavy (non-hydrogen) atoms. The van der Waals surface area contributed by atoms with Gasteiger partial charge in [-0.15, -0.1) is 0 Å². The average molecular weight is 317 g/mol. The molecule has 0 aliphatic carbocycles. The summed E-state index contributed by atoms with van der Waals surface area (Å²) in [5, 5.41) is 6.62. The van der Waals surface area contributed by atoms with Crippen molar-refractivity contribution < 1.29 is 9.53 Å². The summed E-state index contributed by atoms with van der Waals surface area (Å²) in [6, 6.07) is 6.13. The van der Waals surface area contributed by atoms with Crippen molar-refractivity contribution in [1.82, 2.24) is 10.2 Å². The van der Waals surface area contributed by atoms with Crippen molar-refractivity contribution >= 4 is 11.6 Å². The van der Waals surface area contributed by atoms with Crippen LogP contribution in [-0.2, 0) is 9.53 Å². The fourth-order valence-electron chi connectivity index (χ4n) is 3.76. The second kappa shape index (κ2) is 6.99. The fraction of sp³-hybridized carbons (Fsp3) is 0.611. The number of para-hydroxylation sites is 1. The van der Waals surface area contributed by atoms with Crippen LogP contribution in [0.5, 0.6) is 0 Å². The molecule has 2 N–H and O–H groups in total. The summed E-state index contributed by atoms with van der Waals surface area (Å²) in [6.45, 7) is 8.96. The van der Waals surface area contributed by atoms with Gasteiger partial charge in [0.15, 0.2) is 0 Å². The number of morpholine rings is 1. The topological polar surface area (TPSA) is 53.6 Å². The number of amides is 1. The number of carbonyl (C=O) groups excluding carboxylic acids is 1. The molecule has 2 saturated heterocycles. The molecular formula is C18H27N3O2. The van der Waals surface area contributed by atoms with E-state index in [4.69, 9.17) is 4.74 Å². The molecule has 126 valence electrons. The standard InChI is InChI=1S/C18H27N3O2/c1-14-4-3-5-15(2)16(14)20-17(22)18(6-8-19-9-7-18)21-10-12-23-13-11-21/h3-5,19H,6-13H2,1-2H3,(H,20,22). The van der Waals surface area contributed by atoms with Gasteiger partial charge >= 0.3 is 0 Å². The Balaban J connectivity index is 1.85. The van der Waals surface area contributed by atoms with Crippen LogP contribution >= 0.6 is 0 Å². The number of rotatable bonds is 3. The predicted molar refractivity (Wildman–Crippen MR) is 91.8 cm³/mol. The minimum absolute atomic E-state index is 0.137. The Kier molecular flexibility index (Phi) is 4.99. The number of carbonyl (C=O) groups is 1. The summed E-state index contributed by atoms with van der Waals surface area (Å²) in [4.78, 5) is 15.6. The van der Waals surface area contributed by atoms with Crippen LogP contribution in [0.4, 0.5) is 5.69 Å². The normalized spacial score (nSPS) is 21.8. The van der Waals surface area contributed by atoms with E-state index in [1.54, 1.807) is 0 Å². The maximum Gasteiger partial charge on any atom is 0.245 e. The average Bonchev–Trinajstić information content (AvgIpc) is 2.59. The summed E-state index contributed by atoms with van der Waals surface area (Å²) in [5.41, 5.74) is 2.78. The lowest BCUT2D eigenvalue weighted by atomic mass is 9.84. The monoisotopic (exact) mass is 317 g/mol. The number of hydrogen-bond acceptors (Lipinski definition) is 4. The van der Waals surface area contributed by atoms with Gasteiger partial charge in [-0.25, -0.2) is 0 Å². The van der Waals surface area contributed by atoms with E-state index in [9.17, 15) is 4.79 Å². The number of aryl methyl sites for hydroxylation is 2. The molecule has 5 nitrogen and oxygen atoms in total. The second-order valence-corrected chi connectivity index (χ2v) is 6.60. The Bertz CT molecular complexity index is 541. The van der Waals surface area contributed by atoms with Gasteiger partial charge in [-0.1, -0.05) is 18.2 Å². The molecule has 3 rings (SSSR count). The van der Waals surface area contributed by atoms with Crippen molar-refractivity contribution in [2.75, 3.05) is 44.7 Å². The number of piperidine rings is 1. The quantitative estimate of drug-likeness (QED) is 0.891. The highest BCUT2D eigenvalue weighted by atomic mass is 16.5. The van der Waals surface area contributed by atoms with E-state index < -0.39 is 5.54 Å². The van der Waals surface area contributed by atoms with E-state index in [0.29, 0.717) is 13.2 Å². The number of nitrogens with one attached hydrogen (secondary N) is 2. The van der Waals surface area contributed by atoms with Crippen LogP contribution in [0.1, 0.15) is 24.0 Å². The molecule has 0 aromatic heterocycles. The van der Waals surface area contributed by atoms with E-state index in [-0.39, 0.29) is 5.91 Å². The van der Waals surface area contributed by atoms with Gasteiger partial charge in [0.1, 0.15) is 5.54 Å². The Morgan fingerprint density at radius 1 is 1.17 bits per heavy atom. The van der Waals surface area contributed by atoms with E-state index >= 15 is 0 Å². The van der Waals surface area contributed by atoms with Crippen molar-refractivity contribution in [3.63, 3.8) is 0 Å². The number of nitrogens with zero attached hydrogens (tertiary/aromatic N) is 1. The number of benzene rings is 1. The van der Waals surface area contributed by atoms with Gasteiger partial charge in [0.2, 0.25) is 5.91 Å². The van der Waals surface area contributed by atoms with Gasteiger partial charge in [-0.2, -0.15) is 0 Å². The molecule has 1 amide bonds. The van der Waals surface area contributed by atoms with Crippen LogP contribution < -0.4 is 10.6 Å². The van der Waals surface area contributed by atoms with Crippen LogP contribution in [0.2, 0.25) is 0 Å². The smallest absolute Gasteiger partial charge is 0.245 e. The lowest BCUT2D eigenvalue weighted by molar-refractivity contribution is -0.134. The molecule has 5 heteroatoms. The highest BCUT2D eigenvalue weighted by Gasteiger charge is 2.45. The third-order valence-electron chi connectivity index (χ3n) is 5.19. The molecule has 2 heterocycles. The summed E-state index contributed by atoms with van der Waals surface area (Å²) in [5.74, 6) is 0.137. The molecule has 0 atom stereocenters. The van der Waals surface area contributed by atoms with Crippen molar-refractivity contribution in [3.8, 4) is 0 Å². The number of anilines is 1. The molecule has 2 aliphatic rings. The first-order valence-corrected chi connectivity index (χ1v) is 8.55. The van der Waals surface area contributed by atoms with Gasteiger partial charge in [-0.3, -0.25) is 9.69 Å². The molecule has 1 aromatic rings. The summed E-state index contributed by atoms with van der Waals surface area (Å²) < 4.78 is 5.48. The first-order chi connectivity index (χ1) is 11.1. The minimum Gasteiger partial charge on any atom is -0.379 e. The second-order valence-electron chi connectivity index (χ2n) is 6.60. The minimum atomic E-state index is -0.413. The van der Waals surface area contributed by atoms with Crippen LogP contribution in [-0.4, -0.2) is 55.7 Å². The van der Waals surface area contributed by atoms with E-state index in [1.165, 1.54) is 0 Å².